The summed E-state index contributed by atoms with van der Waals surface area (Å²) < 4.78 is 13.1. The molecule has 3 aromatic rings. The highest BCUT2D eigenvalue weighted by Crippen LogP contribution is 2.31. The van der Waals surface area contributed by atoms with Gasteiger partial charge in [-0.05, 0) is 82.6 Å². The van der Waals surface area contributed by atoms with Crippen molar-refractivity contribution in [3.63, 3.8) is 0 Å². The summed E-state index contributed by atoms with van der Waals surface area (Å²) in [4.78, 5) is 21.5. The van der Waals surface area contributed by atoms with E-state index < -0.39 is 5.60 Å². The van der Waals surface area contributed by atoms with Gasteiger partial charge in [0.2, 0.25) is 5.89 Å². The van der Waals surface area contributed by atoms with E-state index >= 15 is 0 Å². The van der Waals surface area contributed by atoms with Crippen LogP contribution in [0.25, 0.3) is 16.9 Å². The third kappa shape index (κ3) is 5.81. The van der Waals surface area contributed by atoms with Crippen LogP contribution in [0.2, 0.25) is 0 Å². The molecule has 5 rings (SSSR count). The number of amides is 1. The molecule has 4 heterocycles. The number of hydrogen-bond acceptors (Lipinski definition) is 7. The van der Waals surface area contributed by atoms with Crippen LogP contribution in [0.5, 0.6) is 0 Å². The second kappa shape index (κ2) is 10.4. The molecule has 9 heteroatoms. The summed E-state index contributed by atoms with van der Waals surface area (Å²) in [7, 11) is 0. The summed E-state index contributed by atoms with van der Waals surface area (Å²) in [6, 6.07) is 8.22. The predicted molar refractivity (Wildman–Crippen MR) is 142 cm³/mol. The Hall–Kier alpha value is -2.94. The molecule has 2 aliphatic rings. The average Bonchev–Trinajstić information content (AvgIpc) is 3.49. The van der Waals surface area contributed by atoms with Crippen molar-refractivity contribution in [2.45, 2.75) is 77.7 Å². The van der Waals surface area contributed by atoms with Gasteiger partial charge in [0.05, 0.1) is 11.2 Å². The van der Waals surface area contributed by atoms with Crippen LogP contribution in [0, 0.1) is 5.92 Å². The van der Waals surface area contributed by atoms with Gasteiger partial charge in [-0.15, -0.1) is 0 Å². The molecule has 37 heavy (non-hydrogen) atoms. The molecule has 0 radical (unpaired) electrons. The molecule has 0 aliphatic carbocycles. The molecule has 0 unspecified atom stereocenters. The highest BCUT2D eigenvalue weighted by atomic mass is 16.6. The van der Waals surface area contributed by atoms with E-state index in [2.05, 4.69) is 36.0 Å². The number of nitrogens with zero attached hydrogens (tertiary/aromatic N) is 6. The molecular formula is C28H40N6O3. The normalized spacial score (nSPS) is 18.7. The fourth-order valence-electron chi connectivity index (χ4n) is 5.50. The molecule has 2 aromatic heterocycles. The number of carbonyl (C=O) groups excluding carboxylic acids is 1. The third-order valence-electron chi connectivity index (χ3n) is 7.50. The topological polar surface area (TPSA) is 89.5 Å². The van der Waals surface area contributed by atoms with Crippen LogP contribution in [0.15, 0.2) is 28.8 Å². The number of ether oxygens (including phenoxy) is 1. The lowest BCUT2D eigenvalue weighted by molar-refractivity contribution is 0.0165. The molecule has 0 saturated carbocycles. The van der Waals surface area contributed by atoms with E-state index in [0.29, 0.717) is 23.7 Å². The number of para-hydroxylation sites is 1. The van der Waals surface area contributed by atoms with E-state index in [1.807, 2.05) is 42.5 Å². The van der Waals surface area contributed by atoms with Crippen LogP contribution < -0.4 is 0 Å². The van der Waals surface area contributed by atoms with Gasteiger partial charge in [0.1, 0.15) is 5.60 Å². The highest BCUT2D eigenvalue weighted by Gasteiger charge is 2.30. The first-order valence-electron chi connectivity index (χ1n) is 13.7. The zero-order chi connectivity index (χ0) is 26.2. The Morgan fingerprint density at radius 1 is 1.08 bits per heavy atom. The Balaban J connectivity index is 1.14. The van der Waals surface area contributed by atoms with Crippen molar-refractivity contribution in [1.29, 1.82) is 0 Å². The van der Waals surface area contributed by atoms with E-state index in [-0.39, 0.29) is 12.0 Å². The Bertz CT molecular complexity index is 1210. The summed E-state index contributed by atoms with van der Waals surface area (Å²) >= 11 is 0. The maximum atomic E-state index is 12.3. The first kappa shape index (κ1) is 25.7. The predicted octanol–water partition coefficient (Wildman–Crippen LogP) is 5.36. The Labute approximate surface area is 219 Å². The number of fused-ring (bicyclic) bond motifs is 1. The monoisotopic (exact) mass is 508 g/mol. The standard InChI is InChI=1S/C28H40N6O3/c1-19(2)24-22-8-6-7-9-23(22)34(30-24)26-29-25(37-31-26)21-12-14-32(15-13-21)18-20-10-16-33(17-11-20)27(35)36-28(3,4)5/h6-9,19-21H,10-18H2,1-5H3. The minimum Gasteiger partial charge on any atom is -0.444 e. The Kier molecular flexibility index (Phi) is 7.25. The van der Waals surface area contributed by atoms with Crippen LogP contribution in [0.1, 0.15) is 83.7 Å². The van der Waals surface area contributed by atoms with Crippen molar-refractivity contribution >= 4 is 17.0 Å². The number of carbonyl (C=O) groups is 1. The van der Waals surface area contributed by atoms with Crippen molar-refractivity contribution < 1.29 is 14.1 Å². The second-order valence-corrected chi connectivity index (χ2v) is 11.9. The first-order valence-corrected chi connectivity index (χ1v) is 13.7. The summed E-state index contributed by atoms with van der Waals surface area (Å²) in [5, 5.41) is 10.3. The molecule has 200 valence electrons. The molecule has 0 bridgehead atoms. The summed E-state index contributed by atoms with van der Waals surface area (Å²) in [6.45, 7) is 14.7. The fourth-order valence-corrected chi connectivity index (χ4v) is 5.50. The van der Waals surface area contributed by atoms with E-state index in [1.165, 1.54) is 0 Å². The highest BCUT2D eigenvalue weighted by molar-refractivity contribution is 5.83. The number of piperidine rings is 2. The second-order valence-electron chi connectivity index (χ2n) is 11.9. The van der Waals surface area contributed by atoms with Gasteiger partial charge < -0.3 is 19.1 Å². The fraction of sp³-hybridized carbons (Fsp3) is 0.643. The SMILES string of the molecule is CC(C)c1nn(-c2noc(C3CCN(CC4CCN(C(=O)OC(C)(C)C)CC4)CC3)n2)c2ccccc12. The van der Waals surface area contributed by atoms with E-state index in [0.717, 1.165) is 75.0 Å². The molecule has 9 nitrogen and oxygen atoms in total. The maximum absolute atomic E-state index is 12.3. The van der Waals surface area contributed by atoms with Gasteiger partial charge in [0.15, 0.2) is 0 Å². The molecule has 2 saturated heterocycles. The lowest BCUT2D eigenvalue weighted by Crippen LogP contribution is -2.44. The third-order valence-corrected chi connectivity index (χ3v) is 7.50. The number of likely N-dealkylation sites (tertiary alicyclic amines) is 2. The molecule has 2 aliphatic heterocycles. The summed E-state index contributed by atoms with van der Waals surface area (Å²) in [6.07, 6.45) is 3.89. The molecule has 1 amide bonds. The van der Waals surface area contributed by atoms with Gasteiger partial charge in [-0.2, -0.15) is 14.8 Å². The molecule has 0 N–H and O–H groups in total. The van der Waals surface area contributed by atoms with E-state index in [9.17, 15) is 4.79 Å². The Morgan fingerprint density at radius 3 is 2.46 bits per heavy atom. The van der Waals surface area contributed by atoms with Gasteiger partial charge >= 0.3 is 6.09 Å². The van der Waals surface area contributed by atoms with Crippen LogP contribution in [0.4, 0.5) is 4.79 Å². The minimum atomic E-state index is -0.444. The zero-order valence-corrected chi connectivity index (χ0v) is 22.8. The lowest BCUT2D eigenvalue weighted by atomic mass is 9.93. The zero-order valence-electron chi connectivity index (χ0n) is 22.8. The average molecular weight is 509 g/mol. The molecular weight excluding hydrogens is 468 g/mol. The number of benzene rings is 1. The van der Waals surface area contributed by atoms with Gasteiger partial charge in [-0.25, -0.2) is 4.79 Å². The van der Waals surface area contributed by atoms with E-state index in [1.54, 1.807) is 0 Å². The van der Waals surface area contributed by atoms with E-state index in [4.69, 9.17) is 19.3 Å². The van der Waals surface area contributed by atoms with Crippen LogP contribution in [-0.2, 0) is 4.74 Å². The van der Waals surface area contributed by atoms with Crippen molar-refractivity contribution in [2.75, 3.05) is 32.7 Å². The maximum Gasteiger partial charge on any atom is 0.410 e. The van der Waals surface area contributed by atoms with Crippen LogP contribution in [0.3, 0.4) is 0 Å². The molecule has 0 spiro atoms. The van der Waals surface area contributed by atoms with Crippen molar-refractivity contribution in [3.8, 4) is 5.95 Å². The van der Waals surface area contributed by atoms with Crippen molar-refractivity contribution in [1.82, 2.24) is 29.7 Å². The largest absolute Gasteiger partial charge is 0.444 e. The van der Waals surface area contributed by atoms with Gasteiger partial charge in [0, 0.05) is 30.9 Å². The van der Waals surface area contributed by atoms with Gasteiger partial charge in [0.25, 0.3) is 5.95 Å². The quantitative estimate of drug-likeness (QED) is 0.458. The molecule has 0 atom stereocenters. The number of rotatable bonds is 5. The lowest BCUT2D eigenvalue weighted by Gasteiger charge is -2.37. The first-order chi connectivity index (χ1) is 17.7. The number of aromatic nitrogens is 4. The van der Waals surface area contributed by atoms with Crippen molar-refractivity contribution in [2.24, 2.45) is 5.92 Å². The summed E-state index contributed by atoms with van der Waals surface area (Å²) in [5.41, 5.74) is 1.61. The van der Waals surface area contributed by atoms with Gasteiger partial charge in [-0.1, -0.05) is 32.0 Å². The van der Waals surface area contributed by atoms with Crippen LogP contribution >= 0.6 is 0 Å². The molecule has 2 fully saturated rings. The van der Waals surface area contributed by atoms with Crippen molar-refractivity contribution in [3.05, 3.63) is 35.9 Å². The minimum absolute atomic E-state index is 0.186. The van der Waals surface area contributed by atoms with Gasteiger partial charge in [-0.3, -0.25) is 0 Å². The number of hydrogen-bond donors (Lipinski definition) is 0. The van der Waals surface area contributed by atoms with Crippen LogP contribution in [-0.4, -0.2) is 74.1 Å². The Morgan fingerprint density at radius 2 is 1.78 bits per heavy atom. The smallest absolute Gasteiger partial charge is 0.410 e. The molecule has 1 aromatic carbocycles. The summed E-state index contributed by atoms with van der Waals surface area (Å²) in [5.74, 6) is 2.43.